The summed E-state index contributed by atoms with van der Waals surface area (Å²) in [5, 5.41) is 2.82. The Balaban J connectivity index is 1.55. The number of aryl methyl sites for hydroxylation is 1. The van der Waals surface area contributed by atoms with Gasteiger partial charge in [0.2, 0.25) is 5.91 Å². The van der Waals surface area contributed by atoms with Crippen LogP contribution in [0, 0.1) is 0 Å². The Morgan fingerprint density at radius 2 is 1.97 bits per heavy atom. The monoisotopic (exact) mass is 485 g/mol. The Bertz CT molecular complexity index is 1290. The number of hydrogen-bond acceptors (Lipinski definition) is 5. The summed E-state index contributed by atoms with van der Waals surface area (Å²) in [6, 6.07) is 10.2. The maximum Gasteiger partial charge on any atom is 0.317 e. The van der Waals surface area contributed by atoms with Crippen molar-refractivity contribution in [3.05, 3.63) is 72.7 Å². The summed E-state index contributed by atoms with van der Waals surface area (Å²) < 4.78 is 6.92. The molecule has 1 aliphatic heterocycles. The minimum atomic E-state index is -0.704. The number of aromatic nitrogens is 2. The van der Waals surface area contributed by atoms with Gasteiger partial charge in [-0.1, -0.05) is 28.1 Å². The Morgan fingerprint density at radius 3 is 2.68 bits per heavy atom. The number of carbonyl (C=O) groups is 2. The maximum atomic E-state index is 12.7. The summed E-state index contributed by atoms with van der Waals surface area (Å²) in [5.41, 5.74) is 2.20. The number of halogens is 1. The number of methoxy groups -OCH3 is 1. The highest BCUT2D eigenvalue weighted by Crippen LogP contribution is 2.32. The zero-order valence-corrected chi connectivity index (χ0v) is 18.3. The number of nitrogens with zero attached hydrogens (tertiary/aromatic N) is 1. The predicted molar refractivity (Wildman–Crippen MR) is 119 cm³/mol. The van der Waals surface area contributed by atoms with Crippen LogP contribution in [0.15, 0.2) is 50.5 Å². The van der Waals surface area contributed by atoms with E-state index in [2.05, 4.69) is 31.0 Å². The predicted octanol–water partition coefficient (Wildman–Crippen LogP) is 2.68. The summed E-state index contributed by atoms with van der Waals surface area (Å²) >= 11 is 3.43. The van der Waals surface area contributed by atoms with Gasteiger partial charge in [0.15, 0.2) is 0 Å². The third kappa shape index (κ3) is 4.32. The molecule has 2 aromatic carbocycles. The van der Waals surface area contributed by atoms with E-state index in [0.29, 0.717) is 29.6 Å². The van der Waals surface area contributed by atoms with Crippen LogP contribution in [0.4, 0.5) is 5.69 Å². The number of ether oxygens (including phenoxy) is 1. The highest BCUT2D eigenvalue weighted by atomic mass is 79.9. The summed E-state index contributed by atoms with van der Waals surface area (Å²) in [6.45, 7) is 0. The van der Waals surface area contributed by atoms with Gasteiger partial charge in [-0.15, -0.1) is 0 Å². The van der Waals surface area contributed by atoms with Crippen LogP contribution in [0.1, 0.15) is 30.0 Å². The van der Waals surface area contributed by atoms with Crippen molar-refractivity contribution in [1.82, 2.24) is 9.55 Å². The van der Waals surface area contributed by atoms with E-state index >= 15 is 0 Å². The lowest BCUT2D eigenvalue weighted by Crippen LogP contribution is -2.41. The van der Waals surface area contributed by atoms with E-state index in [1.807, 2.05) is 6.07 Å². The average Bonchev–Trinajstić information content (AvgIpc) is 2.73. The third-order valence-electron chi connectivity index (χ3n) is 5.40. The minimum Gasteiger partial charge on any atom is -0.469 e. The number of hydrogen-bond donors (Lipinski definition) is 2. The topological polar surface area (TPSA) is 110 Å². The minimum absolute atomic E-state index is 0.0673. The molecule has 0 spiro atoms. The third-order valence-corrected chi connectivity index (χ3v) is 5.86. The van der Waals surface area contributed by atoms with E-state index < -0.39 is 17.2 Å². The van der Waals surface area contributed by atoms with Crippen LogP contribution in [-0.4, -0.2) is 28.5 Å². The molecule has 8 nitrogen and oxygen atoms in total. The fourth-order valence-electron chi connectivity index (χ4n) is 3.98. The SMILES string of the molecule is COC(=O)Cc1ccc(NC(=O)CC2CCc3cc(Br)cc4[nH]c(=O)c(=O)n2c34)cc1. The molecule has 2 N–H and O–H groups in total. The van der Waals surface area contributed by atoms with Gasteiger partial charge in [0.05, 0.1) is 24.6 Å². The molecule has 3 aromatic rings. The Morgan fingerprint density at radius 1 is 1.23 bits per heavy atom. The van der Waals surface area contributed by atoms with Crippen molar-refractivity contribution < 1.29 is 14.3 Å². The van der Waals surface area contributed by atoms with Crippen molar-refractivity contribution in [1.29, 1.82) is 0 Å². The van der Waals surface area contributed by atoms with Crippen LogP contribution in [-0.2, 0) is 27.2 Å². The molecule has 1 unspecified atom stereocenters. The van der Waals surface area contributed by atoms with Gasteiger partial charge in [-0.05, 0) is 48.2 Å². The van der Waals surface area contributed by atoms with Gasteiger partial charge in [0, 0.05) is 22.6 Å². The standard InChI is InChI=1S/C22H20BrN3O5/c1-31-19(28)8-12-2-5-15(6-3-12)24-18(27)11-16-7-4-13-9-14(23)10-17-20(13)26(16)22(30)21(29)25-17/h2-3,5-6,9-10,16H,4,7-8,11H2,1H3,(H,24,27)(H,25,29). The van der Waals surface area contributed by atoms with Crippen molar-refractivity contribution in [3.8, 4) is 0 Å². The quantitative estimate of drug-likeness (QED) is 0.426. The van der Waals surface area contributed by atoms with Gasteiger partial charge in [-0.25, -0.2) is 0 Å². The molecule has 0 radical (unpaired) electrons. The van der Waals surface area contributed by atoms with Crippen molar-refractivity contribution >= 4 is 44.5 Å². The number of carbonyl (C=O) groups excluding carboxylic acids is 2. The first-order chi connectivity index (χ1) is 14.9. The molecule has 0 bridgehead atoms. The molecule has 1 atom stereocenters. The largest absolute Gasteiger partial charge is 0.469 e. The van der Waals surface area contributed by atoms with Gasteiger partial charge in [-0.2, -0.15) is 0 Å². The van der Waals surface area contributed by atoms with Gasteiger partial charge < -0.3 is 15.0 Å². The number of esters is 1. The van der Waals surface area contributed by atoms with E-state index in [1.165, 1.54) is 11.7 Å². The van der Waals surface area contributed by atoms with Crippen molar-refractivity contribution in [2.24, 2.45) is 0 Å². The lowest BCUT2D eigenvalue weighted by atomic mass is 9.96. The number of rotatable bonds is 5. The van der Waals surface area contributed by atoms with Crippen molar-refractivity contribution in [3.63, 3.8) is 0 Å². The highest BCUT2D eigenvalue weighted by Gasteiger charge is 2.26. The molecule has 1 aliphatic rings. The van der Waals surface area contributed by atoms with Gasteiger partial charge in [0.25, 0.3) is 0 Å². The fourth-order valence-corrected chi connectivity index (χ4v) is 4.48. The zero-order valence-electron chi connectivity index (χ0n) is 16.7. The molecular formula is C22H20BrN3O5. The molecule has 0 fully saturated rings. The van der Waals surface area contributed by atoms with E-state index in [4.69, 9.17) is 0 Å². The van der Waals surface area contributed by atoms with Crippen molar-refractivity contribution in [2.75, 3.05) is 12.4 Å². The lowest BCUT2D eigenvalue weighted by Gasteiger charge is -2.27. The van der Waals surface area contributed by atoms with Crippen LogP contribution in [0.25, 0.3) is 11.0 Å². The number of benzene rings is 2. The average molecular weight is 486 g/mol. The Kier molecular flexibility index (Phi) is 5.77. The van der Waals surface area contributed by atoms with Gasteiger partial charge in [-0.3, -0.25) is 23.7 Å². The maximum absolute atomic E-state index is 12.7. The second-order valence-electron chi connectivity index (χ2n) is 7.48. The van der Waals surface area contributed by atoms with Gasteiger partial charge >= 0.3 is 17.1 Å². The van der Waals surface area contributed by atoms with E-state index in [0.717, 1.165) is 15.6 Å². The second-order valence-corrected chi connectivity index (χ2v) is 8.40. The molecule has 0 aliphatic carbocycles. The summed E-state index contributed by atoms with van der Waals surface area (Å²) in [5.74, 6) is -0.595. The first-order valence-corrected chi connectivity index (χ1v) is 10.6. The molecular weight excluding hydrogens is 466 g/mol. The van der Waals surface area contributed by atoms with Crippen LogP contribution in [0.5, 0.6) is 0 Å². The molecule has 160 valence electrons. The van der Waals surface area contributed by atoms with Crippen LogP contribution in [0.3, 0.4) is 0 Å². The fraction of sp³-hybridized carbons (Fsp3) is 0.273. The Labute approximate surface area is 185 Å². The number of H-pyrrole nitrogens is 1. The summed E-state index contributed by atoms with van der Waals surface area (Å²) in [7, 11) is 1.33. The number of aromatic amines is 1. The summed E-state index contributed by atoms with van der Waals surface area (Å²) in [4.78, 5) is 51.5. The number of amides is 1. The van der Waals surface area contributed by atoms with Crippen LogP contribution < -0.4 is 16.4 Å². The second kappa shape index (κ2) is 8.50. The first-order valence-electron chi connectivity index (χ1n) is 9.78. The molecule has 9 heteroatoms. The van der Waals surface area contributed by atoms with Crippen LogP contribution in [0.2, 0.25) is 0 Å². The first kappa shape index (κ1) is 21.0. The zero-order chi connectivity index (χ0) is 22.1. The Hall–Kier alpha value is -3.20. The van der Waals surface area contributed by atoms with E-state index in [1.54, 1.807) is 30.3 Å². The normalized spacial score (nSPS) is 15.0. The molecule has 1 aromatic heterocycles. The molecule has 31 heavy (non-hydrogen) atoms. The van der Waals surface area contributed by atoms with E-state index in [-0.39, 0.29) is 24.7 Å². The van der Waals surface area contributed by atoms with Gasteiger partial charge in [0.1, 0.15) is 0 Å². The summed E-state index contributed by atoms with van der Waals surface area (Å²) in [6.07, 6.45) is 1.50. The van der Waals surface area contributed by atoms with E-state index in [9.17, 15) is 19.2 Å². The molecule has 0 saturated carbocycles. The highest BCUT2D eigenvalue weighted by molar-refractivity contribution is 9.10. The molecule has 0 saturated heterocycles. The molecule has 2 heterocycles. The number of nitrogens with one attached hydrogen (secondary N) is 2. The molecule has 1 amide bonds. The van der Waals surface area contributed by atoms with Crippen LogP contribution >= 0.6 is 15.9 Å². The smallest absolute Gasteiger partial charge is 0.317 e. The van der Waals surface area contributed by atoms with Crippen molar-refractivity contribution in [2.45, 2.75) is 31.7 Å². The lowest BCUT2D eigenvalue weighted by molar-refractivity contribution is -0.139. The number of anilines is 1. The molecule has 4 rings (SSSR count).